The molecule has 1 rings (SSSR count). The van der Waals surface area contributed by atoms with E-state index in [0.717, 1.165) is 11.3 Å². The first kappa shape index (κ1) is 17.3. The molecule has 1 radical (unpaired) electrons. The van der Waals surface area contributed by atoms with Crippen LogP contribution in [0.25, 0.3) is 0 Å². The van der Waals surface area contributed by atoms with Crippen LogP contribution in [0.2, 0.25) is 0 Å². The van der Waals surface area contributed by atoms with Gasteiger partial charge in [0, 0.05) is 39.1 Å². The monoisotopic (exact) mass is 317 g/mol. The van der Waals surface area contributed by atoms with Crippen LogP contribution in [0.1, 0.15) is 25.8 Å². The van der Waals surface area contributed by atoms with Crippen molar-refractivity contribution in [1.29, 1.82) is 0 Å². The molecule has 3 heteroatoms. The molecule has 0 spiro atoms. The van der Waals surface area contributed by atoms with Gasteiger partial charge in [0.05, 0.1) is 0 Å². The third-order valence-electron chi connectivity index (χ3n) is 2.32. The van der Waals surface area contributed by atoms with Gasteiger partial charge in [-0.15, -0.1) is 6.07 Å². The number of rotatable bonds is 4. The molecule has 1 aromatic rings. The van der Waals surface area contributed by atoms with Gasteiger partial charge in [0.1, 0.15) is 0 Å². The summed E-state index contributed by atoms with van der Waals surface area (Å²) in [6.45, 7) is 5.78. The Hall–Kier alpha value is -0.726. The summed E-state index contributed by atoms with van der Waals surface area (Å²) in [5.41, 5.74) is 1.92. The minimum absolute atomic E-state index is 0. The molecule has 0 fully saturated rings. The molecule has 2 nitrogen and oxygen atoms in total. The molecule has 0 aliphatic rings. The molecule has 0 bridgehead atoms. The number of nitrogens with zero attached hydrogens (tertiary/aromatic N) is 1. The van der Waals surface area contributed by atoms with E-state index in [1.807, 2.05) is 57.2 Å². The Balaban J connectivity index is 0.00000289. The van der Waals surface area contributed by atoms with Crippen molar-refractivity contribution in [1.82, 2.24) is 0 Å². The minimum atomic E-state index is 0. The summed E-state index contributed by atoms with van der Waals surface area (Å²) in [6.07, 6.45) is 7.79. The fourth-order valence-corrected chi connectivity index (χ4v) is 1.42. The first-order valence-corrected chi connectivity index (χ1v) is 5.73. The van der Waals surface area contributed by atoms with Crippen LogP contribution in [0.15, 0.2) is 42.6 Å². The van der Waals surface area contributed by atoms with Crippen LogP contribution in [-0.2, 0) is 37.5 Å². The molecule has 0 aliphatic carbocycles. The van der Waals surface area contributed by atoms with E-state index >= 15 is 0 Å². The number of anilines is 1. The Morgan fingerprint density at radius 2 is 2.06 bits per heavy atom. The quantitative estimate of drug-likeness (QED) is 0.613. The number of aryl methyl sites for hydroxylation is 1. The van der Waals surface area contributed by atoms with E-state index in [4.69, 9.17) is 0 Å². The number of allylic oxidation sites excluding steroid dienone is 2. The van der Waals surface area contributed by atoms with Gasteiger partial charge in [0.25, 0.3) is 0 Å². The zero-order valence-corrected chi connectivity index (χ0v) is 14.0. The number of benzene rings is 1. The van der Waals surface area contributed by atoms with Gasteiger partial charge in [0.15, 0.2) is 0 Å². The maximum Gasteiger partial charge on any atom is 0.223 e. The fraction of sp³-hybridized carbons (Fsp3) is 0.267. The number of hydrogen-bond donors (Lipinski definition) is 0. The molecule has 0 saturated heterocycles. The Bertz CT molecular complexity index is 421. The Kier molecular flexibility index (Phi) is 8.86. The molecule has 0 aromatic heterocycles. The van der Waals surface area contributed by atoms with Gasteiger partial charge >= 0.3 is 0 Å². The third kappa shape index (κ3) is 5.28. The van der Waals surface area contributed by atoms with Gasteiger partial charge in [-0.3, -0.25) is 4.79 Å². The van der Waals surface area contributed by atoms with Crippen molar-refractivity contribution >= 4 is 11.6 Å². The van der Waals surface area contributed by atoms with Gasteiger partial charge in [-0.2, -0.15) is 23.8 Å². The summed E-state index contributed by atoms with van der Waals surface area (Å²) in [6, 6.07) is 8.82. The Morgan fingerprint density at radius 1 is 1.33 bits per heavy atom. The first-order chi connectivity index (χ1) is 8.19. The first-order valence-electron chi connectivity index (χ1n) is 5.73. The third-order valence-corrected chi connectivity index (χ3v) is 2.32. The van der Waals surface area contributed by atoms with E-state index in [1.54, 1.807) is 11.1 Å². The molecular formula is C15H18NOY-. The molecule has 93 valence electrons. The summed E-state index contributed by atoms with van der Waals surface area (Å²) in [5.74, 6) is 0.0541. The van der Waals surface area contributed by atoms with E-state index in [2.05, 4.69) is 6.07 Å². The summed E-state index contributed by atoms with van der Waals surface area (Å²) in [4.78, 5) is 13.6. The molecule has 0 unspecified atom stereocenters. The maximum absolute atomic E-state index is 12.0. The largest absolute Gasteiger partial charge is 0.342 e. The summed E-state index contributed by atoms with van der Waals surface area (Å²) in [7, 11) is 0. The molecule has 0 N–H and O–H groups in total. The fourth-order valence-electron chi connectivity index (χ4n) is 1.42. The topological polar surface area (TPSA) is 20.3 Å². The molecule has 0 aliphatic heterocycles. The van der Waals surface area contributed by atoms with Crippen molar-refractivity contribution in [3.63, 3.8) is 0 Å². The number of carbonyl (C=O) groups excluding carboxylic acids is 1. The van der Waals surface area contributed by atoms with Gasteiger partial charge in [-0.05, 0) is 20.0 Å². The van der Waals surface area contributed by atoms with Crippen LogP contribution in [0.3, 0.4) is 0 Å². The van der Waals surface area contributed by atoms with E-state index in [0.29, 0.717) is 6.42 Å². The Labute approximate surface area is 135 Å². The second-order valence-electron chi connectivity index (χ2n) is 3.75. The van der Waals surface area contributed by atoms with Crippen LogP contribution < -0.4 is 4.90 Å². The molecule has 0 heterocycles. The zero-order valence-electron chi connectivity index (χ0n) is 11.2. The average Bonchev–Trinajstić information content (AvgIpc) is 2.34. The van der Waals surface area contributed by atoms with Gasteiger partial charge in [-0.1, -0.05) is 30.8 Å². The van der Waals surface area contributed by atoms with Gasteiger partial charge < -0.3 is 4.90 Å². The van der Waals surface area contributed by atoms with Gasteiger partial charge in [-0.25, -0.2) is 0 Å². The number of hydrogen-bond acceptors (Lipinski definition) is 1. The standard InChI is InChI=1S/C15H18NO.Y/c1-4-6-7-15(17)16(12-5-2)14-10-8-13(3)9-11-14;/h4-6,8,10-12H,7H2,1-3H3;/q-1;/b6-4-,12-5-;. The maximum atomic E-state index is 12.0. The average molecular weight is 317 g/mol. The van der Waals surface area contributed by atoms with Crippen LogP contribution in [0.4, 0.5) is 5.69 Å². The van der Waals surface area contributed by atoms with Crippen molar-refractivity contribution in [3.8, 4) is 0 Å². The second-order valence-corrected chi connectivity index (χ2v) is 3.75. The van der Waals surface area contributed by atoms with Crippen LogP contribution in [0.5, 0.6) is 0 Å². The minimum Gasteiger partial charge on any atom is -0.342 e. The normalized spacial score (nSPS) is 10.6. The summed E-state index contributed by atoms with van der Waals surface area (Å²) >= 11 is 0. The second kappa shape index (κ2) is 9.24. The number of carbonyl (C=O) groups is 1. The smallest absolute Gasteiger partial charge is 0.223 e. The molecule has 0 atom stereocenters. The molecule has 18 heavy (non-hydrogen) atoms. The molecule has 1 aromatic carbocycles. The predicted molar refractivity (Wildman–Crippen MR) is 71.7 cm³/mol. The van der Waals surface area contributed by atoms with E-state index in [-0.39, 0.29) is 38.6 Å². The van der Waals surface area contributed by atoms with E-state index in [1.165, 1.54) is 0 Å². The summed E-state index contributed by atoms with van der Waals surface area (Å²) in [5, 5.41) is 0. The van der Waals surface area contributed by atoms with Crippen molar-refractivity contribution < 1.29 is 37.5 Å². The van der Waals surface area contributed by atoms with Crippen molar-refractivity contribution in [2.45, 2.75) is 27.2 Å². The molecule has 0 saturated carbocycles. The number of amides is 1. The van der Waals surface area contributed by atoms with Crippen LogP contribution >= 0.6 is 0 Å². The van der Waals surface area contributed by atoms with Crippen molar-refractivity contribution in [3.05, 3.63) is 54.3 Å². The predicted octanol–water partition coefficient (Wildman–Crippen LogP) is 3.63. The zero-order chi connectivity index (χ0) is 12.7. The molecule has 1 amide bonds. The molecular weight excluding hydrogens is 299 g/mol. The van der Waals surface area contributed by atoms with Crippen molar-refractivity contribution in [2.24, 2.45) is 0 Å². The van der Waals surface area contributed by atoms with E-state index < -0.39 is 0 Å². The SMILES string of the molecule is C/C=C\CC(=O)N(/C=C\C)c1c[c-]c(C)cc1.[Y]. The summed E-state index contributed by atoms with van der Waals surface area (Å²) < 4.78 is 0. The van der Waals surface area contributed by atoms with Crippen LogP contribution in [0, 0.1) is 13.0 Å². The Morgan fingerprint density at radius 3 is 2.56 bits per heavy atom. The van der Waals surface area contributed by atoms with E-state index in [9.17, 15) is 4.79 Å². The van der Waals surface area contributed by atoms with Crippen molar-refractivity contribution in [2.75, 3.05) is 4.90 Å². The van der Waals surface area contributed by atoms with Gasteiger partial charge in [0.2, 0.25) is 5.91 Å². The van der Waals surface area contributed by atoms with Crippen LogP contribution in [-0.4, -0.2) is 5.91 Å².